The second-order valence-corrected chi connectivity index (χ2v) is 17.8. The van der Waals surface area contributed by atoms with Crippen molar-refractivity contribution in [1.82, 2.24) is 4.98 Å². The fraction of sp³-hybridized carbons (Fsp3) is 0.102. The Morgan fingerprint density at radius 2 is 0.850 bits per heavy atom. The summed E-state index contributed by atoms with van der Waals surface area (Å²) in [6, 6.07) is 69.9. The van der Waals surface area contributed by atoms with Gasteiger partial charge in [0.2, 0.25) is 0 Å². The van der Waals surface area contributed by atoms with Crippen LogP contribution in [0.2, 0.25) is 0 Å². The van der Waals surface area contributed by atoms with Crippen LogP contribution < -0.4 is 0 Å². The molecule has 0 saturated carbocycles. The summed E-state index contributed by atoms with van der Waals surface area (Å²) >= 11 is 0. The molecule has 0 saturated heterocycles. The standard InChI is InChI=1S/C59H43N/c1-58(2)50-26-14-11-23-45(50)56-46(24-16-27-51(56)58)55-42-21-8-9-22-43(42)57(54-35-47(36-17-6-5-7-18-36)41-20-12-15-28-53(41)60-54)44-32-30-37(33-48(44)55)38-29-31-40-39-19-10-13-25-49(39)59(3,4)52(40)34-38/h5-35H,1-4H3. The lowest BCUT2D eigenvalue weighted by molar-refractivity contribution is 0.660. The fourth-order valence-corrected chi connectivity index (χ4v) is 10.9. The van der Waals surface area contributed by atoms with Gasteiger partial charge in [0.05, 0.1) is 11.2 Å². The van der Waals surface area contributed by atoms with Gasteiger partial charge in [0, 0.05) is 21.8 Å². The first-order valence-corrected chi connectivity index (χ1v) is 21.2. The highest BCUT2D eigenvalue weighted by molar-refractivity contribution is 6.23. The first-order chi connectivity index (χ1) is 29.3. The number of benzene rings is 9. The van der Waals surface area contributed by atoms with Crippen molar-refractivity contribution in [2.45, 2.75) is 38.5 Å². The van der Waals surface area contributed by atoms with Gasteiger partial charge in [-0.25, -0.2) is 4.98 Å². The molecular formula is C59H43N. The minimum atomic E-state index is -0.115. The molecule has 0 radical (unpaired) electrons. The second kappa shape index (κ2) is 12.7. The van der Waals surface area contributed by atoms with Crippen molar-refractivity contribution in [2.75, 3.05) is 0 Å². The van der Waals surface area contributed by atoms with Crippen LogP contribution in [-0.2, 0) is 10.8 Å². The highest BCUT2D eigenvalue weighted by Crippen LogP contribution is 2.55. The quantitative estimate of drug-likeness (QED) is 0.163. The number of para-hydroxylation sites is 1. The van der Waals surface area contributed by atoms with Gasteiger partial charge in [0.25, 0.3) is 0 Å². The number of rotatable bonds is 4. The Morgan fingerprint density at radius 1 is 0.300 bits per heavy atom. The van der Waals surface area contributed by atoms with Crippen molar-refractivity contribution in [2.24, 2.45) is 0 Å². The molecule has 0 spiro atoms. The van der Waals surface area contributed by atoms with Crippen molar-refractivity contribution in [3.05, 3.63) is 210 Å². The van der Waals surface area contributed by atoms with Crippen LogP contribution in [0.3, 0.4) is 0 Å². The van der Waals surface area contributed by atoms with Crippen LogP contribution in [0.4, 0.5) is 0 Å². The van der Waals surface area contributed by atoms with E-state index >= 15 is 0 Å². The van der Waals surface area contributed by atoms with Gasteiger partial charge in [-0.3, -0.25) is 0 Å². The van der Waals surface area contributed by atoms with E-state index in [-0.39, 0.29) is 10.8 Å². The molecule has 0 fully saturated rings. The summed E-state index contributed by atoms with van der Waals surface area (Å²) in [4.78, 5) is 5.50. The summed E-state index contributed by atoms with van der Waals surface area (Å²) in [7, 11) is 0. The van der Waals surface area contributed by atoms with Gasteiger partial charge in [0.15, 0.2) is 0 Å². The minimum absolute atomic E-state index is 0.0870. The van der Waals surface area contributed by atoms with E-state index in [1.807, 2.05) is 0 Å². The zero-order valence-corrected chi connectivity index (χ0v) is 34.3. The van der Waals surface area contributed by atoms with Gasteiger partial charge in [-0.05, 0) is 124 Å². The van der Waals surface area contributed by atoms with E-state index in [0.29, 0.717) is 0 Å². The van der Waals surface area contributed by atoms with Gasteiger partial charge in [0.1, 0.15) is 0 Å². The number of nitrogens with zero attached hydrogens (tertiary/aromatic N) is 1. The summed E-state index contributed by atoms with van der Waals surface area (Å²) < 4.78 is 0. The molecule has 12 rings (SSSR count). The smallest absolute Gasteiger partial charge is 0.0728 e. The van der Waals surface area contributed by atoms with E-state index in [1.54, 1.807) is 0 Å². The van der Waals surface area contributed by atoms with Crippen LogP contribution in [-0.4, -0.2) is 4.98 Å². The molecule has 1 nitrogen and oxygen atoms in total. The number of hydrogen-bond donors (Lipinski definition) is 0. The van der Waals surface area contributed by atoms with Gasteiger partial charge in [-0.1, -0.05) is 191 Å². The van der Waals surface area contributed by atoms with E-state index in [2.05, 4.69) is 216 Å². The van der Waals surface area contributed by atoms with Crippen LogP contribution >= 0.6 is 0 Å². The van der Waals surface area contributed by atoms with Crippen LogP contribution in [0, 0.1) is 0 Å². The summed E-state index contributed by atoms with van der Waals surface area (Å²) in [5.74, 6) is 0. The Hall–Kier alpha value is -7.09. The monoisotopic (exact) mass is 765 g/mol. The normalized spacial score (nSPS) is 14.3. The van der Waals surface area contributed by atoms with E-state index in [9.17, 15) is 0 Å². The molecule has 284 valence electrons. The molecule has 1 heteroatoms. The maximum Gasteiger partial charge on any atom is 0.0728 e. The average molecular weight is 766 g/mol. The maximum absolute atomic E-state index is 5.50. The van der Waals surface area contributed by atoms with Crippen LogP contribution in [0.5, 0.6) is 0 Å². The Kier molecular flexibility index (Phi) is 7.39. The van der Waals surface area contributed by atoms with Crippen LogP contribution in [0.25, 0.3) is 99.3 Å². The first-order valence-electron chi connectivity index (χ1n) is 21.2. The number of pyridine rings is 1. The molecule has 1 heterocycles. The molecule has 9 aromatic carbocycles. The van der Waals surface area contributed by atoms with E-state index in [0.717, 1.165) is 22.2 Å². The van der Waals surface area contributed by atoms with Crippen molar-refractivity contribution in [3.63, 3.8) is 0 Å². The minimum Gasteiger partial charge on any atom is -0.248 e. The molecule has 0 aliphatic heterocycles. The summed E-state index contributed by atoms with van der Waals surface area (Å²) in [6.07, 6.45) is 0. The molecule has 0 atom stereocenters. The van der Waals surface area contributed by atoms with Crippen molar-refractivity contribution in [3.8, 4) is 66.9 Å². The number of fused-ring (bicyclic) bond motifs is 9. The molecule has 2 aliphatic carbocycles. The highest BCUT2D eigenvalue weighted by atomic mass is 14.7. The summed E-state index contributed by atoms with van der Waals surface area (Å²) in [5, 5.41) is 6.02. The van der Waals surface area contributed by atoms with E-state index in [1.165, 1.54) is 99.4 Å². The van der Waals surface area contributed by atoms with Gasteiger partial charge in [-0.2, -0.15) is 0 Å². The first kappa shape index (κ1) is 34.9. The lowest BCUT2D eigenvalue weighted by atomic mass is 9.80. The maximum atomic E-state index is 5.50. The third kappa shape index (κ3) is 4.90. The molecular weight excluding hydrogens is 723 g/mol. The Balaban J connectivity index is 1.19. The van der Waals surface area contributed by atoms with Gasteiger partial charge < -0.3 is 0 Å². The number of hydrogen-bond acceptors (Lipinski definition) is 1. The van der Waals surface area contributed by atoms with E-state index in [4.69, 9.17) is 4.98 Å². The zero-order chi connectivity index (χ0) is 40.3. The van der Waals surface area contributed by atoms with Crippen molar-refractivity contribution in [1.29, 1.82) is 0 Å². The molecule has 0 N–H and O–H groups in total. The van der Waals surface area contributed by atoms with Crippen LogP contribution in [0.1, 0.15) is 49.9 Å². The largest absolute Gasteiger partial charge is 0.248 e. The Bertz CT molecular complexity index is 3420. The third-order valence-corrected chi connectivity index (χ3v) is 13.9. The lowest BCUT2D eigenvalue weighted by Crippen LogP contribution is -2.14. The molecule has 0 bridgehead atoms. The molecule has 0 amide bonds. The predicted octanol–water partition coefficient (Wildman–Crippen LogP) is 15.8. The SMILES string of the molecule is CC1(C)c2ccccc2-c2ccc(-c3ccc4c(-c5cc(-c6ccccc6)c6ccccc6n5)c5ccccc5c(-c5cccc6c5-c5ccccc5C6(C)C)c4c3)cc21. The number of aromatic nitrogens is 1. The summed E-state index contributed by atoms with van der Waals surface area (Å²) in [6.45, 7) is 9.49. The average Bonchev–Trinajstić information content (AvgIpc) is 3.67. The van der Waals surface area contributed by atoms with Gasteiger partial charge in [-0.15, -0.1) is 0 Å². The Labute approximate surface area is 351 Å². The van der Waals surface area contributed by atoms with Crippen LogP contribution in [0.15, 0.2) is 188 Å². The summed E-state index contributed by atoms with van der Waals surface area (Å²) in [5.41, 5.74) is 21.2. The van der Waals surface area contributed by atoms with Crippen molar-refractivity contribution >= 4 is 32.4 Å². The second-order valence-electron chi connectivity index (χ2n) is 17.8. The third-order valence-electron chi connectivity index (χ3n) is 13.9. The molecule has 2 aliphatic rings. The molecule has 60 heavy (non-hydrogen) atoms. The van der Waals surface area contributed by atoms with Crippen molar-refractivity contribution < 1.29 is 0 Å². The molecule has 0 unspecified atom stereocenters. The molecule has 10 aromatic rings. The Morgan fingerprint density at radius 3 is 1.65 bits per heavy atom. The fourth-order valence-electron chi connectivity index (χ4n) is 10.9. The van der Waals surface area contributed by atoms with Gasteiger partial charge >= 0.3 is 0 Å². The highest BCUT2D eigenvalue weighted by Gasteiger charge is 2.38. The lowest BCUT2D eigenvalue weighted by Gasteiger charge is -2.23. The van der Waals surface area contributed by atoms with E-state index < -0.39 is 0 Å². The molecule has 1 aromatic heterocycles. The predicted molar refractivity (Wildman–Crippen MR) is 254 cm³/mol. The topological polar surface area (TPSA) is 12.9 Å². The zero-order valence-electron chi connectivity index (χ0n) is 34.3.